The van der Waals surface area contributed by atoms with Crippen LogP contribution in [0.15, 0.2) is 23.1 Å². The van der Waals surface area contributed by atoms with E-state index < -0.39 is 15.0 Å². The van der Waals surface area contributed by atoms with E-state index in [0.717, 1.165) is 12.0 Å². The maximum Gasteiger partial charge on any atom is 0.294 e. The molecule has 1 aromatic carbocycles. The largest absolute Gasteiger partial charge is 0.294 e. The molecule has 0 radical (unpaired) electrons. The SMILES string of the molecule is CCC(C)C(c1cc(C)ccc1S(=O)(=O)O)C(Cl)Cl. The summed E-state index contributed by atoms with van der Waals surface area (Å²) in [7, 11) is -4.29. The van der Waals surface area contributed by atoms with Crippen molar-refractivity contribution < 1.29 is 13.0 Å². The highest BCUT2D eigenvalue weighted by Gasteiger charge is 2.30. The van der Waals surface area contributed by atoms with E-state index in [1.54, 1.807) is 12.1 Å². The molecule has 0 fully saturated rings. The highest BCUT2D eigenvalue weighted by Crippen LogP contribution is 2.38. The van der Waals surface area contributed by atoms with Crippen molar-refractivity contribution in [3.05, 3.63) is 29.3 Å². The number of hydrogen-bond acceptors (Lipinski definition) is 2. The number of aryl methyl sites for hydroxylation is 1. The molecule has 0 amide bonds. The molecule has 0 bridgehead atoms. The van der Waals surface area contributed by atoms with E-state index >= 15 is 0 Å². The number of benzene rings is 1. The number of rotatable bonds is 5. The lowest BCUT2D eigenvalue weighted by Crippen LogP contribution is -2.19. The van der Waals surface area contributed by atoms with Crippen molar-refractivity contribution in [1.82, 2.24) is 0 Å². The second kappa shape index (κ2) is 6.44. The minimum Gasteiger partial charge on any atom is -0.282 e. The van der Waals surface area contributed by atoms with Gasteiger partial charge in [-0.1, -0.05) is 38.0 Å². The highest BCUT2D eigenvalue weighted by atomic mass is 35.5. The van der Waals surface area contributed by atoms with Crippen molar-refractivity contribution >= 4 is 33.3 Å². The second-order valence-corrected chi connectivity index (χ2v) is 7.32. The zero-order valence-corrected chi connectivity index (χ0v) is 13.4. The Balaban J connectivity index is 3.49. The Bertz CT molecular complexity index is 541. The number of alkyl halides is 2. The summed E-state index contributed by atoms with van der Waals surface area (Å²) in [5.41, 5.74) is 1.37. The van der Waals surface area contributed by atoms with E-state index in [1.807, 2.05) is 20.8 Å². The van der Waals surface area contributed by atoms with Crippen LogP contribution in [0.2, 0.25) is 0 Å². The third kappa shape index (κ3) is 4.09. The van der Waals surface area contributed by atoms with Crippen molar-refractivity contribution in [3.63, 3.8) is 0 Å². The molecule has 6 heteroatoms. The zero-order chi connectivity index (χ0) is 14.8. The first-order valence-electron chi connectivity index (χ1n) is 6.04. The normalized spacial score (nSPS) is 15.5. The molecular weight excluding hydrogens is 307 g/mol. The fourth-order valence-electron chi connectivity index (χ4n) is 2.11. The third-order valence-electron chi connectivity index (χ3n) is 3.33. The third-order valence-corrected chi connectivity index (χ3v) is 4.80. The smallest absolute Gasteiger partial charge is 0.282 e. The van der Waals surface area contributed by atoms with Crippen molar-refractivity contribution in [1.29, 1.82) is 0 Å². The van der Waals surface area contributed by atoms with E-state index in [-0.39, 0.29) is 16.7 Å². The van der Waals surface area contributed by atoms with Gasteiger partial charge in [-0.25, -0.2) is 0 Å². The summed E-state index contributed by atoms with van der Waals surface area (Å²) in [4.78, 5) is -0.855. The Morgan fingerprint density at radius 2 is 1.89 bits per heavy atom. The van der Waals surface area contributed by atoms with Crippen LogP contribution in [0.25, 0.3) is 0 Å². The molecule has 0 aliphatic heterocycles. The predicted molar refractivity (Wildman–Crippen MR) is 78.7 cm³/mol. The van der Waals surface area contributed by atoms with Gasteiger partial charge in [-0.05, 0) is 24.5 Å². The van der Waals surface area contributed by atoms with Crippen LogP contribution in [-0.2, 0) is 10.1 Å². The molecule has 0 aromatic heterocycles. The van der Waals surface area contributed by atoms with Crippen LogP contribution in [0.3, 0.4) is 0 Å². The average molecular weight is 325 g/mol. The maximum absolute atomic E-state index is 11.5. The van der Waals surface area contributed by atoms with E-state index in [9.17, 15) is 13.0 Å². The highest BCUT2D eigenvalue weighted by molar-refractivity contribution is 7.85. The van der Waals surface area contributed by atoms with Gasteiger partial charge in [0.2, 0.25) is 0 Å². The lowest BCUT2D eigenvalue weighted by Gasteiger charge is -2.26. The van der Waals surface area contributed by atoms with Crippen molar-refractivity contribution in [3.8, 4) is 0 Å². The van der Waals surface area contributed by atoms with Gasteiger partial charge in [0.1, 0.15) is 4.84 Å². The minimum atomic E-state index is -4.29. The quantitative estimate of drug-likeness (QED) is 0.653. The molecule has 3 nitrogen and oxygen atoms in total. The fourth-order valence-corrected chi connectivity index (χ4v) is 3.61. The molecule has 0 saturated heterocycles. The van der Waals surface area contributed by atoms with Gasteiger partial charge in [-0.3, -0.25) is 4.55 Å². The van der Waals surface area contributed by atoms with Gasteiger partial charge in [0.05, 0.1) is 4.90 Å². The first kappa shape index (κ1) is 16.8. The molecule has 1 N–H and O–H groups in total. The Hall–Kier alpha value is -0.290. The van der Waals surface area contributed by atoms with E-state index in [1.165, 1.54) is 6.07 Å². The zero-order valence-electron chi connectivity index (χ0n) is 11.1. The molecule has 2 atom stereocenters. The lowest BCUT2D eigenvalue weighted by atomic mass is 9.86. The first-order valence-corrected chi connectivity index (χ1v) is 8.36. The van der Waals surface area contributed by atoms with Gasteiger partial charge in [0, 0.05) is 5.92 Å². The van der Waals surface area contributed by atoms with Gasteiger partial charge >= 0.3 is 0 Å². The second-order valence-electron chi connectivity index (χ2n) is 4.76. The molecule has 1 aromatic rings. The summed E-state index contributed by atoms with van der Waals surface area (Å²) in [6, 6.07) is 4.75. The van der Waals surface area contributed by atoms with Gasteiger partial charge in [-0.2, -0.15) is 8.42 Å². The average Bonchev–Trinajstić information content (AvgIpc) is 2.26. The summed E-state index contributed by atoms with van der Waals surface area (Å²) in [5.74, 6) is -0.243. The molecule has 0 aliphatic rings. The maximum atomic E-state index is 11.5. The number of hydrogen-bond donors (Lipinski definition) is 1. The van der Waals surface area contributed by atoms with Crippen LogP contribution < -0.4 is 0 Å². The molecule has 2 unspecified atom stereocenters. The van der Waals surface area contributed by atoms with Crippen LogP contribution in [0.4, 0.5) is 0 Å². The Morgan fingerprint density at radius 3 is 2.32 bits per heavy atom. The molecule has 0 spiro atoms. The van der Waals surface area contributed by atoms with Crippen molar-refractivity contribution in [2.45, 2.75) is 42.8 Å². The van der Waals surface area contributed by atoms with Crippen molar-refractivity contribution in [2.75, 3.05) is 0 Å². The van der Waals surface area contributed by atoms with Crippen molar-refractivity contribution in [2.24, 2.45) is 5.92 Å². The summed E-state index contributed by atoms with van der Waals surface area (Å²) in [5, 5.41) is 0. The predicted octanol–water partition coefficient (Wildman–Crippen LogP) is 4.18. The molecule has 0 aliphatic carbocycles. The minimum absolute atomic E-state index is 0.0994. The van der Waals surface area contributed by atoms with E-state index in [4.69, 9.17) is 23.2 Å². The molecule has 0 heterocycles. The Morgan fingerprint density at radius 1 is 1.32 bits per heavy atom. The summed E-state index contributed by atoms with van der Waals surface area (Å²) < 4.78 is 32.3. The molecule has 108 valence electrons. The Labute approximate surface area is 124 Å². The molecule has 19 heavy (non-hydrogen) atoms. The van der Waals surface area contributed by atoms with Gasteiger partial charge in [0.15, 0.2) is 0 Å². The fraction of sp³-hybridized carbons (Fsp3) is 0.538. The van der Waals surface area contributed by atoms with E-state index in [0.29, 0.717) is 5.56 Å². The first-order chi connectivity index (χ1) is 8.68. The van der Waals surface area contributed by atoms with Crippen LogP contribution in [0.1, 0.15) is 37.3 Å². The van der Waals surface area contributed by atoms with Crippen LogP contribution in [0.5, 0.6) is 0 Å². The molecule has 0 saturated carbocycles. The standard InChI is InChI=1S/C13H18Cl2O3S/c1-4-9(3)12(13(14)15)10-7-8(2)5-6-11(10)19(16,17)18/h5-7,9,12-13H,4H2,1-3H3,(H,16,17,18). The Kier molecular flexibility index (Phi) is 5.68. The van der Waals surface area contributed by atoms with Gasteiger partial charge < -0.3 is 0 Å². The summed E-state index contributed by atoms with van der Waals surface area (Å²) in [6.07, 6.45) is 0.805. The van der Waals surface area contributed by atoms with Gasteiger partial charge in [-0.15, -0.1) is 23.2 Å². The lowest BCUT2D eigenvalue weighted by molar-refractivity contribution is 0.449. The molecule has 1 rings (SSSR count). The monoisotopic (exact) mass is 324 g/mol. The van der Waals surface area contributed by atoms with Crippen LogP contribution in [-0.4, -0.2) is 17.8 Å². The number of halogens is 2. The topological polar surface area (TPSA) is 54.4 Å². The summed E-state index contributed by atoms with van der Waals surface area (Å²) in [6.45, 7) is 5.79. The van der Waals surface area contributed by atoms with E-state index in [2.05, 4.69) is 0 Å². The summed E-state index contributed by atoms with van der Waals surface area (Å²) >= 11 is 12.0. The molecular formula is C13H18Cl2O3S. The van der Waals surface area contributed by atoms with Gasteiger partial charge in [0.25, 0.3) is 10.1 Å². The van der Waals surface area contributed by atoms with Crippen LogP contribution >= 0.6 is 23.2 Å². The van der Waals surface area contributed by atoms with Crippen LogP contribution in [0, 0.1) is 12.8 Å².